The highest BCUT2D eigenvalue weighted by molar-refractivity contribution is 9.10. The first-order valence-electron chi connectivity index (χ1n) is 8.64. The van der Waals surface area contributed by atoms with E-state index < -0.39 is 0 Å². The van der Waals surface area contributed by atoms with E-state index in [2.05, 4.69) is 20.5 Å². The number of fused-ring (bicyclic) bond motifs is 1. The fourth-order valence-corrected chi connectivity index (χ4v) is 4.20. The maximum absolute atomic E-state index is 13.1. The van der Waals surface area contributed by atoms with Gasteiger partial charge in [0.25, 0.3) is 5.69 Å². The van der Waals surface area contributed by atoms with Crippen LogP contribution in [0.1, 0.15) is 47.6 Å². The highest BCUT2D eigenvalue weighted by atomic mass is 79.9. The first kappa shape index (κ1) is 17.0. The third-order valence-corrected chi connectivity index (χ3v) is 5.57. The molecule has 0 bridgehead atoms. The van der Waals surface area contributed by atoms with E-state index in [9.17, 15) is 14.9 Å². The Kier molecular flexibility index (Phi) is 4.36. The van der Waals surface area contributed by atoms with Gasteiger partial charge in [0.1, 0.15) is 0 Å². The zero-order valence-electron chi connectivity index (χ0n) is 14.0. The Hall–Kier alpha value is -2.47. The SMILES string of the molecule is O=C(c1cccc(Br)c1)c1cn(C2CCCC2)c2cc([N+](=O)[O-])ccc12. The van der Waals surface area contributed by atoms with Gasteiger partial charge < -0.3 is 4.57 Å². The first-order valence-corrected chi connectivity index (χ1v) is 9.43. The molecular weight excluding hydrogens is 396 g/mol. The molecule has 1 saturated carbocycles. The summed E-state index contributed by atoms with van der Waals surface area (Å²) in [6.45, 7) is 0. The van der Waals surface area contributed by atoms with Crippen LogP contribution in [-0.2, 0) is 0 Å². The number of carbonyl (C=O) groups excluding carboxylic acids is 1. The van der Waals surface area contributed by atoms with Crippen LogP contribution >= 0.6 is 15.9 Å². The second-order valence-electron chi connectivity index (χ2n) is 6.69. The van der Waals surface area contributed by atoms with Gasteiger partial charge in [0.05, 0.1) is 10.4 Å². The van der Waals surface area contributed by atoms with Gasteiger partial charge in [-0.25, -0.2) is 0 Å². The predicted octanol–water partition coefficient (Wildman–Crippen LogP) is 5.66. The summed E-state index contributed by atoms with van der Waals surface area (Å²) < 4.78 is 2.92. The standard InChI is InChI=1S/C20H17BrN2O3/c21-14-5-3-4-13(10-14)20(24)18-12-22(15-6-1-2-7-15)19-11-16(23(25)26)8-9-17(18)19/h3-5,8-12,15H,1-2,6-7H2. The zero-order chi connectivity index (χ0) is 18.3. The Morgan fingerprint density at radius 2 is 1.92 bits per heavy atom. The fraction of sp³-hybridized carbons (Fsp3) is 0.250. The van der Waals surface area contributed by atoms with Gasteiger partial charge in [-0.15, -0.1) is 0 Å². The fourth-order valence-electron chi connectivity index (χ4n) is 3.80. The molecule has 0 unspecified atom stereocenters. The van der Waals surface area contributed by atoms with E-state index in [0.717, 1.165) is 41.1 Å². The molecule has 1 fully saturated rings. The van der Waals surface area contributed by atoms with E-state index in [1.807, 2.05) is 18.3 Å². The lowest BCUT2D eigenvalue weighted by atomic mass is 10.0. The Labute approximate surface area is 158 Å². The molecule has 0 aliphatic heterocycles. The molecule has 0 N–H and O–H groups in total. The maximum atomic E-state index is 13.1. The minimum atomic E-state index is -0.388. The Morgan fingerprint density at radius 3 is 2.62 bits per heavy atom. The van der Waals surface area contributed by atoms with Crippen LogP contribution in [0, 0.1) is 10.1 Å². The molecule has 4 rings (SSSR count). The van der Waals surface area contributed by atoms with E-state index in [1.54, 1.807) is 24.3 Å². The number of non-ortho nitro benzene ring substituents is 1. The maximum Gasteiger partial charge on any atom is 0.271 e. The molecule has 0 amide bonds. The molecule has 0 radical (unpaired) electrons. The Morgan fingerprint density at radius 1 is 1.15 bits per heavy atom. The summed E-state index contributed by atoms with van der Waals surface area (Å²) >= 11 is 3.40. The van der Waals surface area contributed by atoms with Crippen LogP contribution in [0.5, 0.6) is 0 Å². The lowest BCUT2D eigenvalue weighted by Crippen LogP contribution is -2.04. The number of nitro benzene ring substituents is 1. The number of hydrogen-bond acceptors (Lipinski definition) is 3. The van der Waals surface area contributed by atoms with Crippen molar-refractivity contribution in [1.29, 1.82) is 0 Å². The number of benzene rings is 2. The number of halogens is 1. The second-order valence-corrected chi connectivity index (χ2v) is 7.60. The van der Waals surface area contributed by atoms with Crippen molar-refractivity contribution in [2.75, 3.05) is 0 Å². The van der Waals surface area contributed by atoms with Crippen LogP contribution in [0.15, 0.2) is 53.1 Å². The number of aromatic nitrogens is 1. The molecule has 1 heterocycles. The zero-order valence-corrected chi connectivity index (χ0v) is 15.6. The summed E-state index contributed by atoms with van der Waals surface area (Å²) in [6.07, 6.45) is 6.25. The summed E-state index contributed by atoms with van der Waals surface area (Å²) in [5.74, 6) is -0.0677. The summed E-state index contributed by atoms with van der Waals surface area (Å²) in [5, 5.41) is 12.0. The van der Waals surface area contributed by atoms with Gasteiger partial charge in [-0.1, -0.05) is 40.9 Å². The lowest BCUT2D eigenvalue weighted by Gasteiger charge is -2.13. The van der Waals surface area contributed by atoms with Crippen molar-refractivity contribution in [3.8, 4) is 0 Å². The third kappa shape index (κ3) is 2.94. The smallest absolute Gasteiger partial charge is 0.271 e. The van der Waals surface area contributed by atoms with E-state index in [-0.39, 0.29) is 16.4 Å². The first-order chi connectivity index (χ1) is 12.5. The van der Waals surface area contributed by atoms with Gasteiger partial charge in [-0.05, 0) is 31.0 Å². The molecule has 2 aromatic carbocycles. The molecular formula is C20H17BrN2O3. The summed E-state index contributed by atoms with van der Waals surface area (Å²) in [5.41, 5.74) is 2.02. The number of carbonyl (C=O) groups is 1. The minimum Gasteiger partial charge on any atom is -0.343 e. The predicted molar refractivity (Wildman–Crippen MR) is 104 cm³/mol. The number of ketones is 1. The van der Waals surface area contributed by atoms with Crippen LogP contribution in [0.2, 0.25) is 0 Å². The normalized spacial score (nSPS) is 14.8. The number of nitrogens with zero attached hydrogens (tertiary/aromatic N) is 2. The molecule has 3 aromatic rings. The molecule has 0 atom stereocenters. The van der Waals surface area contributed by atoms with Crippen molar-refractivity contribution in [2.24, 2.45) is 0 Å². The monoisotopic (exact) mass is 412 g/mol. The molecule has 0 saturated heterocycles. The van der Waals surface area contributed by atoms with Crippen molar-refractivity contribution in [2.45, 2.75) is 31.7 Å². The molecule has 1 aliphatic rings. The molecule has 5 nitrogen and oxygen atoms in total. The highest BCUT2D eigenvalue weighted by Crippen LogP contribution is 2.36. The molecule has 132 valence electrons. The van der Waals surface area contributed by atoms with Crippen LogP contribution < -0.4 is 0 Å². The molecule has 26 heavy (non-hydrogen) atoms. The van der Waals surface area contributed by atoms with Gasteiger partial charge in [0.15, 0.2) is 5.78 Å². The lowest BCUT2D eigenvalue weighted by molar-refractivity contribution is -0.384. The van der Waals surface area contributed by atoms with E-state index in [1.165, 1.54) is 6.07 Å². The molecule has 1 aliphatic carbocycles. The van der Waals surface area contributed by atoms with E-state index in [4.69, 9.17) is 0 Å². The Bertz CT molecular complexity index is 1020. The van der Waals surface area contributed by atoms with Crippen LogP contribution in [-0.4, -0.2) is 15.3 Å². The van der Waals surface area contributed by atoms with E-state index in [0.29, 0.717) is 17.2 Å². The topological polar surface area (TPSA) is 65.1 Å². The molecule has 6 heteroatoms. The van der Waals surface area contributed by atoms with E-state index >= 15 is 0 Å². The molecule has 0 spiro atoms. The number of hydrogen-bond donors (Lipinski definition) is 0. The van der Waals surface area contributed by atoms with Gasteiger partial charge >= 0.3 is 0 Å². The van der Waals surface area contributed by atoms with Crippen molar-refractivity contribution in [3.63, 3.8) is 0 Å². The average Bonchev–Trinajstić information content (AvgIpc) is 3.28. The third-order valence-electron chi connectivity index (χ3n) is 5.08. The van der Waals surface area contributed by atoms with Crippen LogP contribution in [0.3, 0.4) is 0 Å². The van der Waals surface area contributed by atoms with Crippen molar-refractivity contribution < 1.29 is 9.72 Å². The summed E-state index contributed by atoms with van der Waals surface area (Å²) in [4.78, 5) is 23.9. The van der Waals surface area contributed by atoms with Gasteiger partial charge in [-0.3, -0.25) is 14.9 Å². The van der Waals surface area contributed by atoms with Gasteiger partial charge in [-0.2, -0.15) is 0 Å². The second kappa shape index (κ2) is 6.68. The van der Waals surface area contributed by atoms with Crippen molar-refractivity contribution in [1.82, 2.24) is 4.57 Å². The van der Waals surface area contributed by atoms with Gasteiger partial charge in [0, 0.05) is 45.4 Å². The minimum absolute atomic E-state index is 0.0521. The molecule has 1 aromatic heterocycles. The largest absolute Gasteiger partial charge is 0.343 e. The summed E-state index contributed by atoms with van der Waals surface area (Å²) in [6, 6.07) is 12.3. The summed E-state index contributed by atoms with van der Waals surface area (Å²) in [7, 11) is 0. The number of nitro groups is 1. The van der Waals surface area contributed by atoms with Gasteiger partial charge in [0.2, 0.25) is 0 Å². The number of rotatable bonds is 4. The van der Waals surface area contributed by atoms with Crippen molar-refractivity contribution in [3.05, 3.63) is 74.4 Å². The Balaban J connectivity index is 1.89. The van der Waals surface area contributed by atoms with Crippen LogP contribution in [0.4, 0.5) is 5.69 Å². The highest BCUT2D eigenvalue weighted by Gasteiger charge is 2.24. The van der Waals surface area contributed by atoms with Crippen molar-refractivity contribution >= 4 is 38.3 Å². The average molecular weight is 413 g/mol. The quantitative estimate of drug-likeness (QED) is 0.315. The van der Waals surface area contributed by atoms with Crippen LogP contribution in [0.25, 0.3) is 10.9 Å².